The van der Waals surface area contributed by atoms with E-state index in [1.807, 2.05) is 0 Å². The number of phenols is 1. The lowest BCUT2D eigenvalue weighted by molar-refractivity contribution is -0.116. The van der Waals surface area contributed by atoms with Crippen LogP contribution in [0.3, 0.4) is 0 Å². The minimum absolute atomic E-state index is 0.00600. The van der Waals surface area contributed by atoms with Gasteiger partial charge in [-0.2, -0.15) is 0 Å². The summed E-state index contributed by atoms with van der Waals surface area (Å²) in [6.45, 7) is 0. The van der Waals surface area contributed by atoms with Gasteiger partial charge in [-0.25, -0.2) is 0 Å². The molecule has 1 N–H and O–H groups in total. The Balaban J connectivity index is 2.41. The van der Waals surface area contributed by atoms with Crippen LogP contribution >= 0.6 is 0 Å². The maximum Gasteiger partial charge on any atom is 0.221 e. The molecule has 1 aromatic carbocycles. The van der Waals surface area contributed by atoms with Crippen LogP contribution in [0.4, 0.5) is 0 Å². The molecule has 1 aliphatic rings. The third kappa shape index (κ3) is 2.35. The molecule has 1 aliphatic carbocycles. The summed E-state index contributed by atoms with van der Waals surface area (Å²) in [5, 5.41) is 9.68. The molecule has 2 rings (SSSR count). The number of carbonyl (C=O) groups is 2. The van der Waals surface area contributed by atoms with Crippen molar-refractivity contribution in [2.75, 3.05) is 14.2 Å². The van der Waals surface area contributed by atoms with Crippen molar-refractivity contribution >= 4 is 17.1 Å². The van der Waals surface area contributed by atoms with Gasteiger partial charge in [0, 0.05) is 17.7 Å². The topological polar surface area (TPSA) is 72.8 Å². The van der Waals surface area contributed by atoms with E-state index in [1.54, 1.807) is 6.07 Å². The Morgan fingerprint density at radius 3 is 2.32 bits per heavy atom. The van der Waals surface area contributed by atoms with Crippen LogP contribution in [0.1, 0.15) is 5.56 Å². The highest BCUT2D eigenvalue weighted by Crippen LogP contribution is 2.31. The van der Waals surface area contributed by atoms with Gasteiger partial charge in [-0.15, -0.1) is 0 Å². The molecule has 5 nitrogen and oxygen atoms in total. The van der Waals surface area contributed by atoms with Crippen LogP contribution in [-0.4, -0.2) is 30.9 Å². The maximum atomic E-state index is 11.9. The number of ether oxygens (including phenoxy) is 2. The fourth-order valence-corrected chi connectivity index (χ4v) is 1.78. The number of methoxy groups -OCH3 is 2. The van der Waals surface area contributed by atoms with E-state index in [2.05, 4.69) is 0 Å². The molecule has 0 amide bonds. The summed E-state index contributed by atoms with van der Waals surface area (Å²) in [4.78, 5) is 23.5. The molecule has 0 unspecified atom stereocenters. The first kappa shape index (κ1) is 12.9. The average molecular weight is 260 g/mol. The Morgan fingerprint density at radius 1 is 1.00 bits per heavy atom. The number of hydrogen-bond donors (Lipinski definition) is 1. The van der Waals surface area contributed by atoms with Gasteiger partial charge in [0.15, 0.2) is 23.0 Å². The Morgan fingerprint density at radius 2 is 1.74 bits per heavy atom. The third-order valence-corrected chi connectivity index (χ3v) is 2.76. The Hall–Kier alpha value is -2.56. The minimum atomic E-state index is -0.382. The predicted molar refractivity (Wildman–Crippen MR) is 67.7 cm³/mol. The number of rotatable bonds is 3. The second-order valence-electron chi connectivity index (χ2n) is 3.89. The summed E-state index contributed by atoms with van der Waals surface area (Å²) in [5.74, 6) is -0.519. The van der Waals surface area contributed by atoms with Crippen molar-refractivity contribution in [2.24, 2.45) is 0 Å². The molecule has 0 heterocycles. The molecule has 5 heteroatoms. The van der Waals surface area contributed by atoms with Gasteiger partial charge >= 0.3 is 0 Å². The highest BCUT2D eigenvalue weighted by molar-refractivity contribution is 6.34. The molecule has 0 aliphatic heterocycles. The van der Waals surface area contributed by atoms with Crippen LogP contribution in [0.2, 0.25) is 0 Å². The van der Waals surface area contributed by atoms with Gasteiger partial charge in [-0.3, -0.25) is 9.59 Å². The van der Waals surface area contributed by atoms with Gasteiger partial charge in [-0.05, 0) is 17.7 Å². The number of allylic oxidation sites excluding steroid dienone is 3. The monoisotopic (exact) mass is 260 g/mol. The smallest absolute Gasteiger partial charge is 0.221 e. The first-order valence-corrected chi connectivity index (χ1v) is 5.50. The van der Waals surface area contributed by atoms with Crippen molar-refractivity contribution in [1.29, 1.82) is 0 Å². The number of ketones is 2. The van der Waals surface area contributed by atoms with Crippen LogP contribution in [-0.2, 0) is 14.3 Å². The predicted octanol–water partition coefficient (Wildman–Crippen LogP) is 1.47. The van der Waals surface area contributed by atoms with Gasteiger partial charge in [0.1, 0.15) is 0 Å². The van der Waals surface area contributed by atoms with Crippen LogP contribution < -0.4 is 4.74 Å². The molecule has 0 aromatic heterocycles. The van der Waals surface area contributed by atoms with E-state index >= 15 is 0 Å². The second kappa shape index (κ2) is 4.97. The molecule has 0 bridgehead atoms. The largest absolute Gasteiger partial charge is 0.504 e. The Labute approximate surface area is 109 Å². The van der Waals surface area contributed by atoms with Crippen LogP contribution in [0.25, 0.3) is 5.57 Å². The Kier molecular flexibility index (Phi) is 3.37. The summed E-state index contributed by atoms with van der Waals surface area (Å²) in [5.41, 5.74) is 0.659. The molecule has 1 aromatic rings. The van der Waals surface area contributed by atoms with Gasteiger partial charge in [0.05, 0.1) is 14.2 Å². The molecule has 0 saturated carbocycles. The fourth-order valence-electron chi connectivity index (χ4n) is 1.78. The van der Waals surface area contributed by atoms with Crippen molar-refractivity contribution < 1.29 is 24.2 Å². The summed E-state index contributed by atoms with van der Waals surface area (Å²) < 4.78 is 9.71. The van der Waals surface area contributed by atoms with Crippen molar-refractivity contribution in [3.05, 3.63) is 41.7 Å². The zero-order chi connectivity index (χ0) is 14.0. The fraction of sp³-hybridized carbons (Fsp3) is 0.143. The van der Waals surface area contributed by atoms with E-state index in [0.717, 1.165) is 6.08 Å². The normalized spacial score (nSPS) is 14.8. The van der Waals surface area contributed by atoms with Crippen LogP contribution in [0.5, 0.6) is 11.5 Å². The van der Waals surface area contributed by atoms with Gasteiger partial charge in [0.2, 0.25) is 5.78 Å². The lowest BCUT2D eigenvalue weighted by Crippen LogP contribution is -2.13. The average Bonchev–Trinajstić information content (AvgIpc) is 2.40. The standard InChI is InChI=1S/C14H12O5/c1-18-13-4-3-8(5-11(13)16)9-6-12(17)14(19-2)7-10(9)15/h3-7,16H,1-2H3. The van der Waals surface area contributed by atoms with Crippen LogP contribution in [0.15, 0.2) is 36.1 Å². The van der Waals surface area contributed by atoms with E-state index in [1.165, 1.54) is 32.4 Å². The molecular weight excluding hydrogens is 248 g/mol. The molecule has 0 fully saturated rings. The Bertz CT molecular complexity index is 610. The molecule has 0 saturated heterocycles. The SMILES string of the molecule is COC1=CC(=O)C(c2ccc(OC)c(O)c2)=CC1=O. The third-order valence-electron chi connectivity index (χ3n) is 2.76. The highest BCUT2D eigenvalue weighted by atomic mass is 16.5. The second-order valence-corrected chi connectivity index (χ2v) is 3.89. The first-order chi connectivity index (χ1) is 9.06. The summed E-state index contributed by atoms with van der Waals surface area (Å²) in [6.07, 6.45) is 2.33. The first-order valence-electron chi connectivity index (χ1n) is 5.50. The van der Waals surface area contributed by atoms with Crippen molar-refractivity contribution in [3.63, 3.8) is 0 Å². The maximum absolute atomic E-state index is 11.9. The summed E-state index contributed by atoms with van der Waals surface area (Å²) in [7, 11) is 2.76. The number of benzene rings is 1. The molecule has 0 radical (unpaired) electrons. The van der Waals surface area contributed by atoms with Crippen LogP contribution in [0, 0.1) is 0 Å². The van der Waals surface area contributed by atoms with E-state index in [4.69, 9.17) is 9.47 Å². The van der Waals surface area contributed by atoms with E-state index in [0.29, 0.717) is 11.3 Å². The number of hydrogen-bond acceptors (Lipinski definition) is 5. The molecular formula is C14H12O5. The molecule has 19 heavy (non-hydrogen) atoms. The van der Waals surface area contributed by atoms with Crippen molar-refractivity contribution in [3.8, 4) is 11.5 Å². The lowest BCUT2D eigenvalue weighted by atomic mass is 9.95. The quantitative estimate of drug-likeness (QED) is 0.833. The molecule has 98 valence electrons. The molecule has 0 atom stereocenters. The van der Waals surface area contributed by atoms with Crippen molar-refractivity contribution in [1.82, 2.24) is 0 Å². The van der Waals surface area contributed by atoms with E-state index < -0.39 is 0 Å². The van der Waals surface area contributed by atoms with E-state index in [9.17, 15) is 14.7 Å². The van der Waals surface area contributed by atoms with Crippen molar-refractivity contribution in [2.45, 2.75) is 0 Å². The summed E-state index contributed by atoms with van der Waals surface area (Å²) in [6, 6.07) is 4.50. The lowest BCUT2D eigenvalue weighted by Gasteiger charge is -2.12. The zero-order valence-electron chi connectivity index (χ0n) is 10.5. The highest BCUT2D eigenvalue weighted by Gasteiger charge is 2.22. The summed E-state index contributed by atoms with van der Waals surface area (Å²) >= 11 is 0. The number of aromatic hydroxyl groups is 1. The zero-order valence-corrected chi connectivity index (χ0v) is 10.5. The van der Waals surface area contributed by atoms with Gasteiger partial charge in [-0.1, -0.05) is 6.07 Å². The van der Waals surface area contributed by atoms with E-state index in [-0.39, 0.29) is 28.6 Å². The van der Waals surface area contributed by atoms with Gasteiger partial charge < -0.3 is 14.6 Å². The number of carbonyl (C=O) groups excluding carboxylic acids is 2. The number of phenolic OH excluding ortho intramolecular Hbond substituents is 1. The van der Waals surface area contributed by atoms with Gasteiger partial charge in [0.25, 0.3) is 0 Å². The molecule has 0 spiro atoms. The minimum Gasteiger partial charge on any atom is -0.504 e.